The predicted octanol–water partition coefficient (Wildman–Crippen LogP) is 4.74. The second kappa shape index (κ2) is 9.62. The number of rotatable bonds is 7. The monoisotopic (exact) mass is 503 g/mol. The van der Waals surface area contributed by atoms with Gasteiger partial charge in [0.2, 0.25) is 6.41 Å². The van der Waals surface area contributed by atoms with E-state index in [9.17, 15) is 9.59 Å². The molecule has 3 amide bonds. The molecule has 0 saturated heterocycles. The summed E-state index contributed by atoms with van der Waals surface area (Å²) in [6.45, 7) is 0.0951. The van der Waals surface area contributed by atoms with Crippen LogP contribution >= 0.6 is 23.2 Å². The topological polar surface area (TPSA) is 106 Å². The maximum absolute atomic E-state index is 13.3. The first-order valence-electron chi connectivity index (χ1n) is 9.87. The van der Waals surface area contributed by atoms with Crippen LogP contribution in [0.3, 0.4) is 0 Å². The molecule has 12 heteroatoms. The van der Waals surface area contributed by atoms with E-state index in [-0.39, 0.29) is 28.3 Å². The lowest BCUT2D eigenvalue weighted by molar-refractivity contribution is -0.105. The molecule has 1 aromatic heterocycles. The molecule has 2 aromatic carbocycles. The number of hydrogen-bond donors (Lipinski definition) is 1. The number of aromatic nitrogens is 2. The highest BCUT2D eigenvalue weighted by Gasteiger charge is 2.35. The lowest BCUT2D eigenvalue weighted by Gasteiger charge is -2.35. The summed E-state index contributed by atoms with van der Waals surface area (Å²) in [6.07, 6.45) is 2.09. The molecule has 2 heterocycles. The van der Waals surface area contributed by atoms with Gasteiger partial charge in [-0.05, 0) is 12.1 Å². The Labute approximate surface area is 205 Å². The summed E-state index contributed by atoms with van der Waals surface area (Å²) in [5.41, 5.74) is 1.32. The van der Waals surface area contributed by atoms with Crippen molar-refractivity contribution in [3.8, 4) is 23.3 Å². The van der Waals surface area contributed by atoms with Crippen LogP contribution < -0.4 is 29.3 Å². The Hall–Kier alpha value is -3.76. The fraction of sp³-hybridized carbons (Fsp3) is 0.182. The molecule has 3 aromatic rings. The second-order valence-electron chi connectivity index (χ2n) is 7.05. The summed E-state index contributed by atoms with van der Waals surface area (Å²) < 4.78 is 16.4. The number of methoxy groups -OCH3 is 2. The highest BCUT2D eigenvalue weighted by molar-refractivity contribution is 6.42. The molecule has 1 N–H and O–H groups in total. The van der Waals surface area contributed by atoms with Crippen LogP contribution in [0.25, 0.3) is 0 Å². The Kier molecular flexibility index (Phi) is 6.62. The van der Waals surface area contributed by atoms with E-state index in [2.05, 4.69) is 15.3 Å². The molecular formula is C22H19Cl2N5O5. The van der Waals surface area contributed by atoms with E-state index in [0.717, 1.165) is 0 Å². The summed E-state index contributed by atoms with van der Waals surface area (Å²) in [6, 6.07) is 7.94. The number of benzene rings is 2. The zero-order chi connectivity index (χ0) is 24.4. The number of urea groups is 1. The Morgan fingerprint density at radius 3 is 2.41 bits per heavy atom. The van der Waals surface area contributed by atoms with Gasteiger partial charge in [-0.3, -0.25) is 14.6 Å². The SMILES string of the molecule is COc1cc(OC)c(Cl)c(N2Cc3cnc(Oc4ccccc4NC=O)nc3N(C)C2=O)c1Cl. The molecule has 0 saturated carbocycles. The summed E-state index contributed by atoms with van der Waals surface area (Å²) >= 11 is 13.0. The van der Waals surface area contributed by atoms with E-state index >= 15 is 0 Å². The minimum atomic E-state index is -0.431. The van der Waals surface area contributed by atoms with Crippen molar-refractivity contribution < 1.29 is 23.8 Å². The molecule has 176 valence electrons. The maximum atomic E-state index is 13.3. The van der Waals surface area contributed by atoms with Gasteiger partial charge in [-0.1, -0.05) is 35.3 Å². The molecule has 0 radical (unpaired) electrons. The largest absolute Gasteiger partial charge is 0.495 e. The minimum absolute atomic E-state index is 0.00566. The number of fused-ring (bicyclic) bond motifs is 1. The molecule has 1 aliphatic rings. The van der Waals surface area contributed by atoms with Crippen molar-refractivity contribution in [2.75, 3.05) is 36.4 Å². The summed E-state index contributed by atoms with van der Waals surface area (Å²) in [5, 5.41) is 2.88. The number of ether oxygens (including phenoxy) is 3. The van der Waals surface area contributed by atoms with Gasteiger partial charge in [0, 0.05) is 24.9 Å². The predicted molar refractivity (Wildman–Crippen MR) is 128 cm³/mol. The van der Waals surface area contributed by atoms with E-state index in [4.69, 9.17) is 37.4 Å². The van der Waals surface area contributed by atoms with Crippen molar-refractivity contribution in [1.29, 1.82) is 0 Å². The number of carbonyl (C=O) groups is 2. The van der Waals surface area contributed by atoms with E-state index in [1.807, 2.05) is 0 Å². The zero-order valence-corrected chi connectivity index (χ0v) is 19.8. The van der Waals surface area contributed by atoms with Gasteiger partial charge in [-0.25, -0.2) is 9.78 Å². The van der Waals surface area contributed by atoms with Crippen molar-refractivity contribution in [3.63, 3.8) is 0 Å². The summed E-state index contributed by atoms with van der Waals surface area (Å²) in [4.78, 5) is 35.5. The van der Waals surface area contributed by atoms with Crippen LogP contribution in [0, 0.1) is 0 Å². The van der Waals surface area contributed by atoms with Gasteiger partial charge in [0.05, 0.1) is 32.1 Å². The summed E-state index contributed by atoms with van der Waals surface area (Å²) in [5.74, 6) is 1.32. The lowest BCUT2D eigenvalue weighted by Crippen LogP contribution is -2.46. The number of halogens is 2. The molecule has 0 spiro atoms. The molecule has 4 rings (SSSR count). The normalized spacial score (nSPS) is 12.8. The van der Waals surface area contributed by atoms with Gasteiger partial charge >= 0.3 is 12.0 Å². The Bertz CT molecular complexity index is 1240. The first-order chi connectivity index (χ1) is 16.4. The molecule has 34 heavy (non-hydrogen) atoms. The van der Waals surface area contributed by atoms with Gasteiger partial charge < -0.3 is 19.5 Å². The molecule has 0 atom stereocenters. The summed E-state index contributed by atoms with van der Waals surface area (Å²) in [7, 11) is 4.47. The zero-order valence-electron chi connectivity index (χ0n) is 18.3. The van der Waals surface area contributed by atoms with Crippen LogP contribution in [0.15, 0.2) is 36.5 Å². The molecule has 0 bridgehead atoms. The van der Waals surface area contributed by atoms with E-state index in [0.29, 0.717) is 40.7 Å². The second-order valence-corrected chi connectivity index (χ2v) is 7.80. The fourth-order valence-electron chi connectivity index (χ4n) is 3.46. The van der Waals surface area contributed by atoms with Gasteiger partial charge in [0.15, 0.2) is 5.75 Å². The van der Waals surface area contributed by atoms with Crippen LogP contribution in [0.5, 0.6) is 23.3 Å². The quantitative estimate of drug-likeness (QED) is 0.464. The van der Waals surface area contributed by atoms with Gasteiger partial charge in [-0.15, -0.1) is 0 Å². The highest BCUT2D eigenvalue weighted by Crippen LogP contribution is 2.47. The molecule has 10 nitrogen and oxygen atoms in total. The van der Waals surface area contributed by atoms with Crippen LogP contribution in [-0.4, -0.2) is 43.7 Å². The van der Waals surface area contributed by atoms with Crippen molar-refractivity contribution in [2.24, 2.45) is 0 Å². The Morgan fingerprint density at radius 2 is 1.76 bits per heavy atom. The van der Waals surface area contributed by atoms with Crippen LogP contribution in [0.1, 0.15) is 5.56 Å². The van der Waals surface area contributed by atoms with E-state index in [1.54, 1.807) is 43.6 Å². The standard InChI is InChI=1S/C22H19Cl2N5O5/c1-28-20-12(9-25-21(27-20)34-14-7-5-4-6-13(14)26-11-30)10-29(22(28)31)19-17(23)15(32-2)8-16(33-3)18(19)24/h4-9,11H,10H2,1-3H3,(H,26,30). The molecule has 0 fully saturated rings. The average molecular weight is 504 g/mol. The van der Waals surface area contributed by atoms with E-state index < -0.39 is 6.03 Å². The molecule has 1 aliphatic heterocycles. The van der Waals surface area contributed by atoms with Crippen molar-refractivity contribution in [2.45, 2.75) is 6.54 Å². The number of nitrogens with zero attached hydrogens (tertiary/aromatic N) is 4. The highest BCUT2D eigenvalue weighted by atomic mass is 35.5. The Morgan fingerprint density at radius 1 is 1.09 bits per heavy atom. The number of para-hydroxylation sites is 2. The number of nitrogens with one attached hydrogen (secondary N) is 1. The van der Waals surface area contributed by atoms with Crippen molar-refractivity contribution >= 4 is 52.8 Å². The third-order valence-corrected chi connectivity index (χ3v) is 5.84. The smallest absolute Gasteiger partial charge is 0.330 e. The lowest BCUT2D eigenvalue weighted by atomic mass is 10.2. The van der Waals surface area contributed by atoms with Crippen LogP contribution in [0.2, 0.25) is 10.0 Å². The third-order valence-electron chi connectivity index (χ3n) is 5.11. The first kappa shape index (κ1) is 23.4. The first-order valence-corrected chi connectivity index (χ1v) is 10.6. The minimum Gasteiger partial charge on any atom is -0.495 e. The van der Waals surface area contributed by atoms with Crippen molar-refractivity contribution in [3.05, 3.63) is 52.1 Å². The maximum Gasteiger partial charge on any atom is 0.330 e. The number of carbonyl (C=O) groups excluding carboxylic acids is 2. The Balaban J connectivity index is 1.70. The van der Waals surface area contributed by atoms with Crippen LogP contribution in [0.4, 0.5) is 22.0 Å². The van der Waals surface area contributed by atoms with Gasteiger partial charge in [0.25, 0.3) is 0 Å². The molecule has 0 aliphatic carbocycles. The number of amides is 3. The van der Waals surface area contributed by atoms with Gasteiger partial charge in [0.1, 0.15) is 27.4 Å². The molecular weight excluding hydrogens is 485 g/mol. The molecule has 0 unspecified atom stereocenters. The van der Waals surface area contributed by atoms with Gasteiger partial charge in [-0.2, -0.15) is 4.98 Å². The van der Waals surface area contributed by atoms with Crippen molar-refractivity contribution in [1.82, 2.24) is 9.97 Å². The van der Waals surface area contributed by atoms with Crippen LogP contribution in [-0.2, 0) is 11.3 Å². The fourth-order valence-corrected chi connectivity index (χ4v) is 4.17. The van der Waals surface area contributed by atoms with E-state index in [1.165, 1.54) is 24.0 Å². The third kappa shape index (κ3) is 4.13. The number of hydrogen-bond acceptors (Lipinski definition) is 7. The average Bonchev–Trinajstić information content (AvgIpc) is 2.84. The number of anilines is 3.